The van der Waals surface area contributed by atoms with E-state index in [9.17, 15) is 13.2 Å². The minimum atomic E-state index is -3.69. The van der Waals surface area contributed by atoms with Gasteiger partial charge in [0, 0.05) is 5.56 Å². The molecule has 0 fully saturated rings. The van der Waals surface area contributed by atoms with Crippen molar-refractivity contribution in [2.24, 2.45) is 0 Å². The second kappa shape index (κ2) is 9.38. The number of methoxy groups -OCH3 is 2. The highest BCUT2D eigenvalue weighted by Crippen LogP contribution is 2.30. The number of carbonyl (C=O) groups excluding carboxylic acids is 1. The fraction of sp³-hybridized carbons (Fsp3) is 0.409. The summed E-state index contributed by atoms with van der Waals surface area (Å²) in [4.78, 5) is 13.0. The van der Waals surface area contributed by atoms with E-state index in [1.54, 1.807) is 51.5 Å². The number of aryl methyl sites for hydroxylation is 2. The Bertz CT molecular complexity index is 1020. The molecule has 0 radical (unpaired) electrons. The molecule has 0 heterocycles. The first-order valence-corrected chi connectivity index (χ1v) is 11.4. The molecule has 30 heavy (non-hydrogen) atoms. The van der Waals surface area contributed by atoms with E-state index < -0.39 is 28.0 Å². The van der Waals surface area contributed by atoms with E-state index in [2.05, 4.69) is 5.32 Å². The van der Waals surface area contributed by atoms with Crippen LogP contribution in [0.3, 0.4) is 0 Å². The SMILES string of the molecule is COc1ccc(OC)c([C@@H](C)NC(=O)[C@@H](C)N(c2ccc(C)c(C)c2)S(C)(=O)=O)c1. The number of carbonyl (C=O) groups is 1. The summed E-state index contributed by atoms with van der Waals surface area (Å²) in [6.07, 6.45) is 1.10. The number of anilines is 1. The summed E-state index contributed by atoms with van der Waals surface area (Å²) in [7, 11) is -0.579. The zero-order valence-corrected chi connectivity index (χ0v) is 19.3. The number of hydrogen-bond donors (Lipinski definition) is 1. The predicted molar refractivity (Wildman–Crippen MR) is 119 cm³/mol. The van der Waals surface area contributed by atoms with Gasteiger partial charge in [0.15, 0.2) is 0 Å². The molecule has 0 aliphatic rings. The number of rotatable bonds is 8. The van der Waals surface area contributed by atoms with Gasteiger partial charge in [0.1, 0.15) is 17.5 Å². The van der Waals surface area contributed by atoms with Crippen LogP contribution >= 0.6 is 0 Å². The predicted octanol–water partition coefficient (Wildman–Crippen LogP) is 3.35. The van der Waals surface area contributed by atoms with Gasteiger partial charge in [-0.05, 0) is 69.2 Å². The van der Waals surface area contributed by atoms with Gasteiger partial charge in [0.25, 0.3) is 0 Å². The van der Waals surface area contributed by atoms with Crippen LogP contribution in [0.15, 0.2) is 36.4 Å². The van der Waals surface area contributed by atoms with E-state index in [1.165, 1.54) is 0 Å². The summed E-state index contributed by atoms with van der Waals surface area (Å²) in [6, 6.07) is 9.27. The van der Waals surface area contributed by atoms with Gasteiger partial charge in [0.2, 0.25) is 15.9 Å². The van der Waals surface area contributed by atoms with E-state index in [0.717, 1.165) is 27.3 Å². The molecule has 0 unspecified atom stereocenters. The lowest BCUT2D eigenvalue weighted by Gasteiger charge is -2.30. The molecule has 0 bridgehead atoms. The first kappa shape index (κ1) is 23.5. The molecule has 1 N–H and O–H groups in total. The molecule has 0 aliphatic carbocycles. The van der Waals surface area contributed by atoms with Gasteiger partial charge in [-0.3, -0.25) is 9.10 Å². The number of benzene rings is 2. The Balaban J connectivity index is 2.33. The second-order valence-electron chi connectivity index (χ2n) is 7.34. The average molecular weight is 435 g/mol. The summed E-state index contributed by atoms with van der Waals surface area (Å²) in [6.45, 7) is 7.23. The van der Waals surface area contributed by atoms with Crippen molar-refractivity contribution in [2.45, 2.75) is 39.8 Å². The number of hydrogen-bond acceptors (Lipinski definition) is 5. The van der Waals surface area contributed by atoms with Crippen LogP contribution in [-0.4, -0.2) is 40.8 Å². The lowest BCUT2D eigenvalue weighted by molar-refractivity contribution is -0.122. The molecule has 0 spiro atoms. The van der Waals surface area contributed by atoms with Crippen LogP contribution in [0.2, 0.25) is 0 Å². The minimum absolute atomic E-state index is 0.420. The smallest absolute Gasteiger partial charge is 0.244 e. The van der Waals surface area contributed by atoms with Crippen molar-refractivity contribution in [1.82, 2.24) is 5.32 Å². The summed E-state index contributed by atoms with van der Waals surface area (Å²) < 4.78 is 36.8. The standard InChI is InChI=1S/C22H30N2O5S/c1-14-8-9-18(12-15(14)2)24(30(7,26)27)17(4)22(25)23-16(3)20-13-19(28-5)10-11-21(20)29-6/h8-13,16-17H,1-7H3,(H,23,25)/t16-,17-/m1/s1. The summed E-state index contributed by atoms with van der Waals surface area (Å²) in [5.74, 6) is 0.814. The van der Waals surface area contributed by atoms with Crippen molar-refractivity contribution >= 4 is 21.6 Å². The van der Waals surface area contributed by atoms with Crippen molar-refractivity contribution in [3.05, 3.63) is 53.1 Å². The molecule has 7 nitrogen and oxygen atoms in total. The number of sulfonamides is 1. The molecule has 2 aromatic rings. The Morgan fingerprint density at radius 3 is 2.20 bits per heavy atom. The largest absolute Gasteiger partial charge is 0.497 e. The van der Waals surface area contributed by atoms with Crippen LogP contribution < -0.4 is 19.1 Å². The van der Waals surface area contributed by atoms with Crippen molar-refractivity contribution in [3.8, 4) is 11.5 Å². The van der Waals surface area contributed by atoms with Crippen molar-refractivity contribution in [3.63, 3.8) is 0 Å². The number of nitrogens with one attached hydrogen (secondary N) is 1. The van der Waals surface area contributed by atoms with Crippen LogP contribution in [0, 0.1) is 13.8 Å². The van der Waals surface area contributed by atoms with Crippen LogP contribution in [0.1, 0.15) is 36.6 Å². The molecule has 0 aromatic heterocycles. The maximum Gasteiger partial charge on any atom is 0.244 e. The van der Waals surface area contributed by atoms with Gasteiger partial charge < -0.3 is 14.8 Å². The molecule has 164 valence electrons. The highest BCUT2D eigenvalue weighted by atomic mass is 32.2. The Morgan fingerprint density at radius 1 is 1.00 bits per heavy atom. The van der Waals surface area contributed by atoms with E-state index in [0.29, 0.717) is 17.2 Å². The van der Waals surface area contributed by atoms with E-state index >= 15 is 0 Å². The second-order valence-corrected chi connectivity index (χ2v) is 9.20. The zero-order valence-electron chi connectivity index (χ0n) is 18.5. The molecule has 2 atom stereocenters. The Kier molecular flexibility index (Phi) is 7.36. The first-order chi connectivity index (χ1) is 14.0. The maximum atomic E-state index is 13.0. The minimum Gasteiger partial charge on any atom is -0.497 e. The van der Waals surface area contributed by atoms with Crippen LogP contribution in [-0.2, 0) is 14.8 Å². The molecular weight excluding hydrogens is 404 g/mol. The fourth-order valence-electron chi connectivity index (χ4n) is 3.26. The van der Waals surface area contributed by atoms with E-state index in [-0.39, 0.29) is 0 Å². The van der Waals surface area contributed by atoms with Gasteiger partial charge >= 0.3 is 0 Å². The Morgan fingerprint density at radius 2 is 1.67 bits per heavy atom. The van der Waals surface area contributed by atoms with Gasteiger partial charge in [-0.2, -0.15) is 0 Å². The Labute approximate surface area is 179 Å². The third kappa shape index (κ3) is 5.24. The maximum absolute atomic E-state index is 13.0. The van der Waals surface area contributed by atoms with Crippen LogP contribution in [0.4, 0.5) is 5.69 Å². The summed E-state index contributed by atoms with van der Waals surface area (Å²) in [5.41, 5.74) is 3.18. The molecule has 2 aromatic carbocycles. The molecule has 0 aliphatic heterocycles. The summed E-state index contributed by atoms with van der Waals surface area (Å²) >= 11 is 0. The highest BCUT2D eigenvalue weighted by Gasteiger charge is 2.30. The molecule has 8 heteroatoms. The normalized spacial score (nSPS) is 13.3. The quantitative estimate of drug-likeness (QED) is 0.689. The lowest BCUT2D eigenvalue weighted by Crippen LogP contribution is -2.48. The number of nitrogens with zero attached hydrogens (tertiary/aromatic N) is 1. The average Bonchev–Trinajstić information content (AvgIpc) is 2.68. The van der Waals surface area contributed by atoms with Gasteiger partial charge in [-0.15, -0.1) is 0 Å². The van der Waals surface area contributed by atoms with Crippen molar-refractivity contribution in [2.75, 3.05) is 24.8 Å². The zero-order chi connectivity index (χ0) is 22.6. The van der Waals surface area contributed by atoms with E-state index in [1.807, 2.05) is 26.8 Å². The van der Waals surface area contributed by atoms with E-state index in [4.69, 9.17) is 9.47 Å². The van der Waals surface area contributed by atoms with Crippen molar-refractivity contribution < 1.29 is 22.7 Å². The van der Waals surface area contributed by atoms with Gasteiger partial charge in [0.05, 0.1) is 32.2 Å². The topological polar surface area (TPSA) is 84.9 Å². The number of amides is 1. The first-order valence-electron chi connectivity index (χ1n) is 9.58. The van der Waals surface area contributed by atoms with Gasteiger partial charge in [-0.1, -0.05) is 6.07 Å². The molecule has 0 saturated heterocycles. The molecular formula is C22H30N2O5S. The van der Waals surface area contributed by atoms with Crippen LogP contribution in [0.5, 0.6) is 11.5 Å². The van der Waals surface area contributed by atoms with Gasteiger partial charge in [-0.25, -0.2) is 8.42 Å². The third-order valence-electron chi connectivity index (χ3n) is 5.10. The fourth-order valence-corrected chi connectivity index (χ4v) is 4.43. The monoisotopic (exact) mass is 434 g/mol. The molecule has 2 rings (SSSR count). The number of ether oxygens (including phenoxy) is 2. The summed E-state index contributed by atoms with van der Waals surface area (Å²) in [5, 5.41) is 2.89. The Hall–Kier alpha value is -2.74. The molecule has 0 saturated carbocycles. The van der Waals surface area contributed by atoms with Crippen LogP contribution in [0.25, 0.3) is 0 Å². The highest BCUT2D eigenvalue weighted by molar-refractivity contribution is 7.92. The lowest BCUT2D eigenvalue weighted by atomic mass is 10.1. The van der Waals surface area contributed by atoms with Crippen molar-refractivity contribution in [1.29, 1.82) is 0 Å². The molecule has 1 amide bonds. The third-order valence-corrected chi connectivity index (χ3v) is 6.34.